The monoisotopic (exact) mass is 1350 g/mol. The molecule has 6 heteroatoms. The molecule has 1 aliphatic rings. The first-order valence-corrected chi connectivity index (χ1v) is 30.7. The number of halogens is 1. The van der Waals surface area contributed by atoms with Gasteiger partial charge in [-0.1, -0.05) is 300 Å². The number of hydrogen-bond donors (Lipinski definition) is 0. The summed E-state index contributed by atoms with van der Waals surface area (Å²) in [5.41, 5.74) is 15.8. The summed E-state index contributed by atoms with van der Waals surface area (Å²) in [5, 5.41) is 0. The standard InChI is InChI=1S/C69H56N2O2.C8H12.C5H12.ClH.Ir/c1-72-58-45-60(64(50-27-11-3-12-28-50)51-29-13-4-14-30-51)68(61(46-58)65(52-31-15-5-16-32-52)53-33-17-6-18-34-53)70-43-44-71(49-70)69-62(66(54-35-19-7-20-36-54)55-37-21-8-22-38-55)47-59(73-2)48-63(69)67(56-39-23-9-24-40-56)57-41-25-10-26-42-57;1-2-4-6-8-7-5-3-1;1-3-5-4-2;;/h3-48,64-67H,1-2H3;1-2,7-8H,3-6H2;3-5H2,1-2H3;1H;/p-1/b;2-1-,8-7-;;;. The predicted molar refractivity (Wildman–Crippen MR) is 357 cm³/mol. The van der Waals surface area contributed by atoms with E-state index >= 15 is 0 Å². The normalized spacial score (nSPS) is 12.5. The molecule has 4 nitrogen and oxygen atoms in total. The second-order valence-electron chi connectivity index (χ2n) is 21.9. The maximum atomic E-state index is 6.34. The quantitative estimate of drug-likeness (QED) is 0.0371. The molecule has 1 radical (unpaired) electrons. The molecule has 0 spiro atoms. The summed E-state index contributed by atoms with van der Waals surface area (Å²) in [4.78, 5) is 0. The predicted octanol–water partition coefficient (Wildman–Crippen LogP) is 17.2. The third-order valence-electron chi connectivity index (χ3n) is 16.2. The van der Waals surface area contributed by atoms with Crippen molar-refractivity contribution in [3.8, 4) is 22.9 Å². The van der Waals surface area contributed by atoms with Crippen LogP contribution in [-0.2, 0) is 20.1 Å². The molecule has 12 rings (SSSR count). The van der Waals surface area contributed by atoms with E-state index in [1.165, 1.54) is 89.5 Å². The molecule has 447 valence electrons. The average Bonchev–Trinajstić information content (AvgIpc) is 1.53. The van der Waals surface area contributed by atoms with Gasteiger partial charge in [0.15, 0.2) is 0 Å². The van der Waals surface area contributed by atoms with Gasteiger partial charge in [0.2, 0.25) is 0 Å². The Balaban J connectivity index is 0.000000600. The number of allylic oxidation sites excluding steroid dienone is 4. The Morgan fingerprint density at radius 2 is 0.614 bits per heavy atom. The number of benzene rings is 10. The molecule has 0 saturated heterocycles. The van der Waals surface area contributed by atoms with Crippen LogP contribution in [0.1, 0.15) is 149 Å². The molecule has 0 N–H and O–H groups in total. The smallest absolute Gasteiger partial charge is 0.268 e. The van der Waals surface area contributed by atoms with Crippen LogP contribution < -0.4 is 26.4 Å². The van der Waals surface area contributed by atoms with E-state index in [0.29, 0.717) is 0 Å². The van der Waals surface area contributed by atoms with Crippen molar-refractivity contribution >= 4 is 0 Å². The Morgan fingerprint density at radius 3 is 0.841 bits per heavy atom. The van der Waals surface area contributed by atoms with Crippen LogP contribution in [0.2, 0.25) is 0 Å². The van der Waals surface area contributed by atoms with E-state index in [0.717, 1.165) is 45.1 Å². The van der Waals surface area contributed by atoms with E-state index in [2.05, 4.69) is 333 Å². The summed E-state index contributed by atoms with van der Waals surface area (Å²) in [5.74, 6) is 0.882. The largest absolute Gasteiger partial charge is 1.00 e. The van der Waals surface area contributed by atoms with Gasteiger partial charge < -0.3 is 21.9 Å². The van der Waals surface area contributed by atoms with Crippen molar-refractivity contribution < 1.29 is 46.6 Å². The fourth-order valence-electron chi connectivity index (χ4n) is 12.1. The molecule has 88 heavy (non-hydrogen) atoms. The van der Waals surface area contributed by atoms with Gasteiger partial charge >= 0.3 is 0 Å². The van der Waals surface area contributed by atoms with Crippen LogP contribution >= 0.6 is 0 Å². The van der Waals surface area contributed by atoms with Gasteiger partial charge in [0.25, 0.3) is 6.33 Å². The molecular weight excluding hydrogens is 1270 g/mol. The third kappa shape index (κ3) is 16.3. The van der Waals surface area contributed by atoms with Gasteiger partial charge in [-0.15, -0.1) is 0 Å². The van der Waals surface area contributed by atoms with E-state index in [4.69, 9.17) is 9.47 Å². The number of nitrogens with zero attached hydrogens (tertiary/aromatic N) is 2. The Hall–Kier alpha value is -8.57. The Kier molecular flexibility index (Phi) is 25.3. The molecule has 1 aliphatic carbocycles. The van der Waals surface area contributed by atoms with Crippen LogP contribution in [0.5, 0.6) is 11.5 Å². The van der Waals surface area contributed by atoms with E-state index in [9.17, 15) is 0 Å². The van der Waals surface area contributed by atoms with E-state index in [-0.39, 0.29) is 56.2 Å². The topological polar surface area (TPSA) is 27.3 Å². The molecule has 1 heterocycles. The minimum atomic E-state index is -0.170. The van der Waals surface area contributed by atoms with Crippen LogP contribution in [0, 0.1) is 6.33 Å². The SMILES string of the molecule is C1=C\CC/C=C\CC/1.CCCCC.COc1cc(C(c2ccccc2)c2ccccc2)c(-n2[c-][n+](-c3c(C(c4ccccc4)c4ccccc4)cc(OC)cc3C(c3ccccc3)c3ccccc3)cc2)c(C(c2ccccc2)c2ccccc2)c1.[Cl-].[Ir]. The summed E-state index contributed by atoms with van der Waals surface area (Å²) >= 11 is 0. The molecular formula is C82H80ClIrN2O2-. The number of rotatable bonds is 18. The van der Waals surface area contributed by atoms with E-state index in [1.54, 1.807) is 14.2 Å². The van der Waals surface area contributed by atoms with E-state index in [1.807, 2.05) is 0 Å². The van der Waals surface area contributed by atoms with Gasteiger partial charge in [-0.05, 0) is 117 Å². The molecule has 0 atom stereocenters. The summed E-state index contributed by atoms with van der Waals surface area (Å²) < 4.78 is 17.2. The number of hydrogen-bond acceptors (Lipinski definition) is 2. The zero-order valence-corrected chi connectivity index (χ0v) is 54.2. The maximum Gasteiger partial charge on any atom is 0.268 e. The van der Waals surface area contributed by atoms with Crippen molar-refractivity contribution in [1.29, 1.82) is 0 Å². The number of ether oxygens (including phenoxy) is 2. The minimum absolute atomic E-state index is 0. The zero-order chi connectivity index (χ0) is 59.1. The molecule has 0 saturated carbocycles. The van der Waals surface area contributed by atoms with Gasteiger partial charge in [-0.2, -0.15) is 0 Å². The average molecular weight is 1350 g/mol. The molecule has 10 aromatic carbocycles. The summed E-state index contributed by atoms with van der Waals surface area (Å²) in [6, 6.07) is 95.7. The summed E-state index contributed by atoms with van der Waals surface area (Å²) in [6.07, 6.45) is 26.5. The fraction of sp³-hybridized carbons (Fsp3) is 0.183. The fourth-order valence-corrected chi connectivity index (χ4v) is 12.1. The van der Waals surface area contributed by atoms with E-state index < -0.39 is 0 Å². The zero-order valence-electron chi connectivity index (χ0n) is 51.0. The Labute approximate surface area is 543 Å². The molecule has 0 fully saturated rings. The van der Waals surface area contributed by atoms with Crippen molar-refractivity contribution in [2.24, 2.45) is 0 Å². The molecule has 0 unspecified atom stereocenters. The Bertz CT molecular complexity index is 3210. The van der Waals surface area contributed by atoms with Crippen LogP contribution in [-0.4, -0.2) is 18.8 Å². The molecule has 0 amide bonds. The van der Waals surface area contributed by atoms with Crippen LogP contribution in [0.4, 0.5) is 0 Å². The molecule has 0 bridgehead atoms. The first-order chi connectivity index (χ1) is 42.6. The van der Waals surface area contributed by atoms with Crippen molar-refractivity contribution in [2.45, 2.75) is 82.5 Å². The Morgan fingerprint density at radius 1 is 0.375 bits per heavy atom. The molecule has 0 aliphatic heterocycles. The van der Waals surface area contributed by atoms with Gasteiger partial charge in [-0.25, -0.2) is 0 Å². The van der Waals surface area contributed by atoms with Gasteiger partial charge in [0.05, 0.1) is 25.6 Å². The van der Waals surface area contributed by atoms with Crippen LogP contribution in [0.25, 0.3) is 11.4 Å². The maximum absolute atomic E-state index is 6.34. The number of imidazole rings is 1. The first kappa shape index (κ1) is 65.4. The number of methoxy groups -OCH3 is 2. The first-order valence-electron chi connectivity index (χ1n) is 30.7. The van der Waals surface area contributed by atoms with Crippen molar-refractivity contribution in [3.63, 3.8) is 0 Å². The van der Waals surface area contributed by atoms with Crippen molar-refractivity contribution in [1.82, 2.24) is 4.57 Å². The summed E-state index contributed by atoms with van der Waals surface area (Å²) in [6.45, 7) is 4.42. The number of unbranched alkanes of at least 4 members (excludes halogenated alkanes) is 2. The van der Waals surface area contributed by atoms with Gasteiger partial charge in [0, 0.05) is 56.2 Å². The summed E-state index contributed by atoms with van der Waals surface area (Å²) in [7, 11) is 3.55. The second kappa shape index (κ2) is 34.1. The van der Waals surface area contributed by atoms with Crippen molar-refractivity contribution in [3.05, 3.63) is 377 Å². The van der Waals surface area contributed by atoms with Gasteiger partial charge in [-0.3, -0.25) is 9.13 Å². The molecule has 11 aromatic rings. The molecule has 1 aromatic heterocycles. The minimum Gasteiger partial charge on any atom is -1.00 e. The third-order valence-corrected chi connectivity index (χ3v) is 16.2. The van der Waals surface area contributed by atoms with Crippen LogP contribution in [0.15, 0.2) is 304 Å². The second-order valence-corrected chi connectivity index (χ2v) is 21.9. The van der Waals surface area contributed by atoms with Crippen molar-refractivity contribution in [2.75, 3.05) is 14.2 Å². The van der Waals surface area contributed by atoms with Gasteiger partial charge in [0.1, 0.15) is 11.5 Å². The number of aromatic nitrogens is 2. The van der Waals surface area contributed by atoms with Crippen LogP contribution in [0.3, 0.4) is 0 Å².